The van der Waals surface area contributed by atoms with Crippen LogP contribution in [0.25, 0.3) is 0 Å². The number of ether oxygens (including phenoxy) is 2. The normalized spacial score (nSPS) is 17.9. The number of amides is 3. The summed E-state index contributed by atoms with van der Waals surface area (Å²) in [6.07, 6.45) is 1.99. The highest BCUT2D eigenvalue weighted by atomic mass is 16.5. The molecular formula is C23H24N2O5. The van der Waals surface area contributed by atoms with Crippen LogP contribution in [-0.2, 0) is 4.74 Å². The van der Waals surface area contributed by atoms with Gasteiger partial charge in [0.2, 0.25) is 0 Å². The minimum atomic E-state index is -0.435. The van der Waals surface area contributed by atoms with Crippen LogP contribution in [0.3, 0.4) is 0 Å². The first-order valence-corrected chi connectivity index (χ1v) is 10.1. The maximum atomic E-state index is 13.0. The molecule has 0 bridgehead atoms. The van der Waals surface area contributed by atoms with Gasteiger partial charge in [0.1, 0.15) is 5.75 Å². The van der Waals surface area contributed by atoms with Gasteiger partial charge in [-0.15, -0.1) is 0 Å². The third kappa shape index (κ3) is 3.68. The van der Waals surface area contributed by atoms with E-state index < -0.39 is 11.8 Å². The summed E-state index contributed by atoms with van der Waals surface area (Å²) in [6.45, 7) is 3.64. The number of likely N-dealkylation sites (N-methyl/N-ethyl adjacent to an activating group) is 1. The number of rotatable bonds is 6. The second-order valence-corrected chi connectivity index (χ2v) is 7.45. The summed E-state index contributed by atoms with van der Waals surface area (Å²) in [5, 5.41) is 0. The second kappa shape index (κ2) is 8.28. The first kappa shape index (κ1) is 20.1. The van der Waals surface area contributed by atoms with E-state index in [2.05, 4.69) is 0 Å². The van der Waals surface area contributed by atoms with Crippen LogP contribution in [0.5, 0.6) is 5.75 Å². The summed E-state index contributed by atoms with van der Waals surface area (Å²) in [5.41, 5.74) is 1.38. The van der Waals surface area contributed by atoms with E-state index in [0.29, 0.717) is 35.7 Å². The molecule has 30 heavy (non-hydrogen) atoms. The summed E-state index contributed by atoms with van der Waals surface area (Å²) >= 11 is 0. The highest BCUT2D eigenvalue weighted by Gasteiger charge is 2.37. The van der Waals surface area contributed by atoms with Gasteiger partial charge in [-0.1, -0.05) is 0 Å². The van der Waals surface area contributed by atoms with Gasteiger partial charge >= 0.3 is 0 Å². The van der Waals surface area contributed by atoms with Crippen molar-refractivity contribution in [2.45, 2.75) is 25.9 Å². The van der Waals surface area contributed by atoms with Crippen LogP contribution in [0.4, 0.5) is 5.69 Å². The number of carbonyl (C=O) groups excluding carboxylic acids is 3. The number of carbonyl (C=O) groups is 3. The lowest BCUT2D eigenvalue weighted by atomic mass is 10.0. The predicted octanol–water partition coefficient (Wildman–Crippen LogP) is 3.14. The van der Waals surface area contributed by atoms with Crippen LogP contribution >= 0.6 is 0 Å². The number of benzene rings is 2. The minimum absolute atomic E-state index is 0.0479. The second-order valence-electron chi connectivity index (χ2n) is 7.45. The molecule has 3 amide bonds. The third-order valence-corrected chi connectivity index (χ3v) is 5.39. The molecule has 2 aromatic carbocycles. The Balaban J connectivity index is 1.54. The number of fused-ring (bicyclic) bond motifs is 1. The Kier molecular flexibility index (Phi) is 5.55. The van der Waals surface area contributed by atoms with Crippen LogP contribution in [-0.4, -0.2) is 55.5 Å². The summed E-state index contributed by atoms with van der Waals surface area (Å²) < 4.78 is 11.0. The molecular weight excluding hydrogens is 384 g/mol. The number of anilines is 1. The van der Waals surface area contributed by atoms with Crippen molar-refractivity contribution in [2.24, 2.45) is 0 Å². The van der Waals surface area contributed by atoms with Gasteiger partial charge in [0.25, 0.3) is 17.7 Å². The molecule has 1 unspecified atom stereocenters. The molecule has 2 aromatic rings. The van der Waals surface area contributed by atoms with E-state index in [0.717, 1.165) is 24.3 Å². The van der Waals surface area contributed by atoms with Crippen LogP contribution in [0, 0.1) is 0 Å². The fourth-order valence-electron chi connectivity index (χ4n) is 3.86. The van der Waals surface area contributed by atoms with Crippen molar-refractivity contribution in [3.8, 4) is 5.75 Å². The van der Waals surface area contributed by atoms with Crippen LogP contribution in [0.1, 0.15) is 50.8 Å². The Bertz CT molecular complexity index is 980. The zero-order valence-corrected chi connectivity index (χ0v) is 17.1. The van der Waals surface area contributed by atoms with Gasteiger partial charge in [-0.3, -0.25) is 14.4 Å². The summed E-state index contributed by atoms with van der Waals surface area (Å²) in [5.74, 6) is -0.366. The minimum Gasteiger partial charge on any atom is -0.494 e. The average molecular weight is 408 g/mol. The highest BCUT2D eigenvalue weighted by Crippen LogP contribution is 2.30. The Morgan fingerprint density at radius 3 is 2.53 bits per heavy atom. The largest absolute Gasteiger partial charge is 0.494 e. The SMILES string of the molecule is CCOc1ccc(N2C(=O)c3ccc(C(=O)N(C)CC4CCCO4)cc3C2=O)cc1. The van der Waals surface area contributed by atoms with E-state index in [1.165, 1.54) is 6.07 Å². The van der Waals surface area contributed by atoms with E-state index in [1.807, 2.05) is 6.92 Å². The molecule has 7 nitrogen and oxygen atoms in total. The molecule has 0 spiro atoms. The quantitative estimate of drug-likeness (QED) is 0.687. The molecule has 2 aliphatic heterocycles. The van der Waals surface area contributed by atoms with E-state index in [4.69, 9.17) is 9.47 Å². The van der Waals surface area contributed by atoms with E-state index in [1.54, 1.807) is 48.3 Å². The summed E-state index contributed by atoms with van der Waals surface area (Å²) in [6, 6.07) is 11.5. The van der Waals surface area contributed by atoms with Crippen molar-refractivity contribution in [3.05, 3.63) is 59.2 Å². The topological polar surface area (TPSA) is 76.2 Å². The molecule has 4 rings (SSSR count). The Morgan fingerprint density at radius 2 is 1.87 bits per heavy atom. The molecule has 0 saturated carbocycles. The molecule has 2 heterocycles. The molecule has 0 aromatic heterocycles. The molecule has 0 radical (unpaired) electrons. The number of hydrogen-bond donors (Lipinski definition) is 0. The van der Waals surface area contributed by atoms with Gasteiger partial charge in [0.05, 0.1) is 29.5 Å². The van der Waals surface area contributed by atoms with Crippen molar-refractivity contribution >= 4 is 23.4 Å². The molecule has 156 valence electrons. The Labute approximate surface area is 175 Å². The molecule has 0 aliphatic carbocycles. The van der Waals surface area contributed by atoms with E-state index in [9.17, 15) is 14.4 Å². The zero-order valence-electron chi connectivity index (χ0n) is 17.1. The molecule has 0 N–H and O–H groups in total. The van der Waals surface area contributed by atoms with Gasteiger partial charge in [0, 0.05) is 25.8 Å². The first-order chi connectivity index (χ1) is 14.5. The molecule has 1 saturated heterocycles. The lowest BCUT2D eigenvalue weighted by molar-refractivity contribution is 0.0587. The molecule has 1 fully saturated rings. The van der Waals surface area contributed by atoms with Crippen LogP contribution < -0.4 is 9.64 Å². The summed E-state index contributed by atoms with van der Waals surface area (Å²) in [4.78, 5) is 41.3. The van der Waals surface area contributed by atoms with Crippen molar-refractivity contribution in [1.29, 1.82) is 0 Å². The molecule has 2 aliphatic rings. The highest BCUT2D eigenvalue weighted by molar-refractivity contribution is 6.34. The smallest absolute Gasteiger partial charge is 0.266 e. The number of nitrogens with zero attached hydrogens (tertiary/aromatic N) is 2. The average Bonchev–Trinajstić information content (AvgIpc) is 3.35. The van der Waals surface area contributed by atoms with Crippen molar-refractivity contribution in [3.63, 3.8) is 0 Å². The monoisotopic (exact) mass is 408 g/mol. The van der Waals surface area contributed by atoms with E-state index >= 15 is 0 Å². The lowest BCUT2D eigenvalue weighted by Gasteiger charge is -2.21. The lowest BCUT2D eigenvalue weighted by Crippen LogP contribution is -2.34. The maximum absolute atomic E-state index is 13.0. The number of hydrogen-bond acceptors (Lipinski definition) is 5. The third-order valence-electron chi connectivity index (χ3n) is 5.39. The van der Waals surface area contributed by atoms with Crippen LogP contribution in [0.2, 0.25) is 0 Å². The van der Waals surface area contributed by atoms with Crippen molar-refractivity contribution in [1.82, 2.24) is 4.90 Å². The van der Waals surface area contributed by atoms with Crippen molar-refractivity contribution in [2.75, 3.05) is 31.7 Å². The van der Waals surface area contributed by atoms with Gasteiger partial charge in [-0.25, -0.2) is 4.90 Å². The van der Waals surface area contributed by atoms with Crippen molar-refractivity contribution < 1.29 is 23.9 Å². The zero-order chi connectivity index (χ0) is 21.3. The predicted molar refractivity (Wildman–Crippen MR) is 111 cm³/mol. The van der Waals surface area contributed by atoms with E-state index in [-0.39, 0.29) is 17.6 Å². The standard InChI is InChI=1S/C23H24N2O5/c1-3-29-17-9-7-16(8-10-17)25-22(27)19-11-6-15(13-20(19)23(25)28)21(26)24(2)14-18-5-4-12-30-18/h6-11,13,18H,3-5,12,14H2,1-2H3. The fraction of sp³-hybridized carbons (Fsp3) is 0.348. The number of imide groups is 1. The van der Waals surface area contributed by atoms with Gasteiger partial charge in [-0.05, 0) is 62.2 Å². The maximum Gasteiger partial charge on any atom is 0.266 e. The summed E-state index contributed by atoms with van der Waals surface area (Å²) in [7, 11) is 1.72. The van der Waals surface area contributed by atoms with Gasteiger partial charge in [0.15, 0.2) is 0 Å². The van der Waals surface area contributed by atoms with Gasteiger partial charge in [-0.2, -0.15) is 0 Å². The first-order valence-electron chi connectivity index (χ1n) is 10.1. The Morgan fingerprint density at radius 1 is 1.13 bits per heavy atom. The molecule has 7 heteroatoms. The molecule has 1 atom stereocenters. The Hall–Kier alpha value is -3.19. The fourth-order valence-corrected chi connectivity index (χ4v) is 3.86. The van der Waals surface area contributed by atoms with Gasteiger partial charge < -0.3 is 14.4 Å². The van der Waals surface area contributed by atoms with Crippen LogP contribution in [0.15, 0.2) is 42.5 Å².